The van der Waals surface area contributed by atoms with Crippen LogP contribution in [-0.2, 0) is 0 Å². The number of halogens is 6. The molecule has 0 unspecified atom stereocenters. The van der Waals surface area contributed by atoms with Crippen LogP contribution in [0.1, 0.15) is 0 Å². The van der Waals surface area contributed by atoms with Gasteiger partial charge in [0.25, 0.3) is 5.97 Å². The van der Waals surface area contributed by atoms with Gasteiger partial charge in [-0.15, -0.1) is 3.98 Å². The molecule has 0 saturated heterocycles. The summed E-state index contributed by atoms with van der Waals surface area (Å²) in [6, 6.07) is 0. The van der Waals surface area contributed by atoms with Gasteiger partial charge in [-0.05, 0) is 0 Å². The van der Waals surface area contributed by atoms with Crippen LogP contribution >= 0.6 is 12.0 Å². The minimum Gasteiger partial charge on any atom is -0.257 e. The minimum absolute atomic E-state index is 0.739. The summed E-state index contributed by atoms with van der Waals surface area (Å²) in [5.41, 5.74) is 0. The van der Waals surface area contributed by atoms with Crippen LogP contribution in [0.3, 0.4) is 0 Å². The first-order chi connectivity index (χ1) is 4.48. The number of rotatable bonds is 0. The summed E-state index contributed by atoms with van der Waals surface area (Å²) >= 11 is 3.14. The van der Waals surface area contributed by atoms with E-state index in [1.165, 1.54) is 0 Å². The fraction of sp³-hybridized carbons (Fsp3) is 0.667. The van der Waals surface area contributed by atoms with Gasteiger partial charge in [0.05, 0.1) is 0 Å². The van der Waals surface area contributed by atoms with Crippen LogP contribution in [-0.4, -0.2) is 19.2 Å². The Morgan fingerprint density at radius 3 is 1.60 bits per heavy atom. The Morgan fingerprint density at radius 1 is 1.30 bits per heavy atom. The largest absolute Gasteiger partial charge is 0.461 e. The highest BCUT2D eigenvalue weighted by atomic mass is 35.5. The van der Waals surface area contributed by atoms with Crippen LogP contribution in [0.15, 0.2) is 4.99 Å². The fourth-order valence-corrected chi connectivity index (χ4v) is 0.127. The Bertz CT molecular complexity index is 108. The molecule has 0 fully saturated rings. The summed E-state index contributed by atoms with van der Waals surface area (Å²) in [6.45, 7) is 0. The predicted octanol–water partition coefficient (Wildman–Crippen LogP) is 2.66. The third-order valence-corrected chi connectivity index (χ3v) is 0.430. The van der Waals surface area contributed by atoms with Crippen molar-refractivity contribution in [2.45, 2.75) is 6.18 Å². The molecule has 0 aromatic carbocycles. The standard InChI is InChI=1S/C3H3F4N.ClF/c1-8-2(4)3(5,6)7;1-2/h1H3;. The highest BCUT2D eigenvalue weighted by Crippen LogP contribution is 2.17. The predicted molar refractivity (Wildman–Crippen MR) is 27.5 cm³/mol. The molecule has 0 aliphatic carbocycles. The van der Waals surface area contributed by atoms with Crippen LogP contribution in [0.4, 0.5) is 21.5 Å². The molecule has 10 heavy (non-hydrogen) atoms. The van der Waals surface area contributed by atoms with E-state index in [1.807, 2.05) is 0 Å². The van der Waals surface area contributed by atoms with Gasteiger partial charge >= 0.3 is 6.18 Å². The molecule has 0 aliphatic heterocycles. The van der Waals surface area contributed by atoms with Crippen molar-refractivity contribution in [2.75, 3.05) is 7.05 Å². The van der Waals surface area contributed by atoms with E-state index in [0.717, 1.165) is 7.05 Å². The van der Waals surface area contributed by atoms with Crippen molar-refractivity contribution in [2.24, 2.45) is 4.99 Å². The third kappa shape index (κ3) is 5.74. The van der Waals surface area contributed by atoms with Crippen LogP contribution in [0, 0.1) is 0 Å². The van der Waals surface area contributed by atoms with Gasteiger partial charge in [0, 0.05) is 7.05 Å². The van der Waals surface area contributed by atoms with Crippen molar-refractivity contribution in [1.29, 1.82) is 0 Å². The van der Waals surface area contributed by atoms with Crippen LogP contribution in [0.25, 0.3) is 0 Å². The van der Waals surface area contributed by atoms with E-state index in [-0.39, 0.29) is 0 Å². The van der Waals surface area contributed by atoms with Crippen molar-refractivity contribution in [3.8, 4) is 0 Å². The molecular weight excluding hydrogens is 180 g/mol. The fourth-order valence-electron chi connectivity index (χ4n) is 0.127. The zero-order valence-electron chi connectivity index (χ0n) is 4.72. The molecule has 0 aromatic rings. The Kier molecular flexibility index (Phi) is 6.64. The Morgan fingerprint density at radius 2 is 1.60 bits per heavy atom. The lowest BCUT2D eigenvalue weighted by Crippen LogP contribution is -2.17. The molecule has 0 radical (unpaired) electrons. The molecule has 0 spiro atoms. The van der Waals surface area contributed by atoms with Gasteiger partial charge in [0.15, 0.2) is 0 Å². The Balaban J connectivity index is 0. The maximum atomic E-state index is 11.3. The van der Waals surface area contributed by atoms with Gasteiger partial charge in [-0.3, -0.25) is 4.99 Å². The number of hydrogen-bond donors (Lipinski definition) is 0. The summed E-state index contributed by atoms with van der Waals surface area (Å²) in [5.74, 6) is -2.29. The molecule has 0 N–H and O–H groups in total. The van der Waals surface area contributed by atoms with Crippen molar-refractivity contribution in [1.82, 2.24) is 0 Å². The highest BCUT2D eigenvalue weighted by molar-refractivity contribution is 6.06. The molecule has 62 valence electrons. The number of alkyl halides is 3. The summed E-state index contributed by atoms with van der Waals surface area (Å²) < 4.78 is 53.1. The van der Waals surface area contributed by atoms with Gasteiger partial charge in [-0.2, -0.15) is 17.6 Å². The second-order valence-corrected chi connectivity index (χ2v) is 1.01. The van der Waals surface area contributed by atoms with E-state index in [0.29, 0.717) is 0 Å². The molecule has 7 heteroatoms. The van der Waals surface area contributed by atoms with Crippen LogP contribution in [0.2, 0.25) is 0 Å². The average molecular weight is 184 g/mol. The molecule has 1 nitrogen and oxygen atoms in total. The number of hydrogen-bond acceptors (Lipinski definition) is 1. The van der Waals surface area contributed by atoms with E-state index in [2.05, 4.69) is 17.0 Å². The topological polar surface area (TPSA) is 12.4 Å². The lowest BCUT2D eigenvalue weighted by atomic mass is 10.7. The molecule has 0 rings (SSSR count). The molecular formula is C3H3ClF5N. The smallest absolute Gasteiger partial charge is 0.257 e. The van der Waals surface area contributed by atoms with E-state index < -0.39 is 12.1 Å². The van der Waals surface area contributed by atoms with Crippen molar-refractivity contribution in [3.05, 3.63) is 0 Å². The SMILES string of the molecule is CN=C(F)C(F)(F)F.FCl. The van der Waals surface area contributed by atoms with E-state index in [1.54, 1.807) is 0 Å². The summed E-state index contributed by atoms with van der Waals surface area (Å²) in [4.78, 5) is 2.28. The third-order valence-electron chi connectivity index (χ3n) is 0.430. The van der Waals surface area contributed by atoms with Crippen LogP contribution < -0.4 is 0 Å². The summed E-state index contributed by atoms with van der Waals surface area (Å²) in [6.07, 6.45) is -4.91. The second kappa shape index (κ2) is 5.40. The zero-order valence-corrected chi connectivity index (χ0v) is 5.47. The van der Waals surface area contributed by atoms with Gasteiger partial charge < -0.3 is 0 Å². The zero-order chi connectivity index (χ0) is 8.78. The Hall–Kier alpha value is -0.390. The number of aliphatic imine (C=N–C) groups is 1. The summed E-state index contributed by atoms with van der Waals surface area (Å²) in [7, 11) is 0.739. The van der Waals surface area contributed by atoms with E-state index in [4.69, 9.17) is 3.98 Å². The monoisotopic (exact) mass is 183 g/mol. The second-order valence-electron chi connectivity index (χ2n) is 1.01. The lowest BCUT2D eigenvalue weighted by Gasteiger charge is -1.97. The van der Waals surface area contributed by atoms with Crippen molar-refractivity contribution in [3.63, 3.8) is 0 Å². The highest BCUT2D eigenvalue weighted by Gasteiger charge is 2.35. The van der Waals surface area contributed by atoms with Gasteiger partial charge in [0.2, 0.25) is 0 Å². The first-order valence-corrected chi connectivity index (χ1v) is 2.11. The molecule has 0 saturated carbocycles. The van der Waals surface area contributed by atoms with E-state index in [9.17, 15) is 17.6 Å². The van der Waals surface area contributed by atoms with Gasteiger partial charge in [0.1, 0.15) is 12.0 Å². The quantitative estimate of drug-likeness (QED) is 0.404. The normalized spacial score (nSPS) is 12.1. The lowest BCUT2D eigenvalue weighted by molar-refractivity contribution is -0.0673. The molecule has 0 heterocycles. The van der Waals surface area contributed by atoms with Crippen molar-refractivity contribution >= 4 is 17.9 Å². The molecule has 0 bridgehead atoms. The molecule has 0 aromatic heterocycles. The van der Waals surface area contributed by atoms with Gasteiger partial charge in [-0.25, -0.2) is 0 Å². The first-order valence-electron chi connectivity index (χ1n) is 1.82. The van der Waals surface area contributed by atoms with Gasteiger partial charge in [-0.1, -0.05) is 0 Å². The molecule has 0 aliphatic rings. The van der Waals surface area contributed by atoms with Crippen LogP contribution in [0.5, 0.6) is 0 Å². The Labute approximate surface area is 58.7 Å². The van der Waals surface area contributed by atoms with E-state index >= 15 is 0 Å². The molecule has 0 atom stereocenters. The first kappa shape index (κ1) is 12.3. The average Bonchev–Trinajstić information content (AvgIpc) is 1.89. The maximum Gasteiger partial charge on any atom is 0.461 e. The maximum absolute atomic E-state index is 11.3. The number of nitrogens with zero attached hydrogens (tertiary/aromatic N) is 1. The molecule has 0 amide bonds. The minimum atomic E-state index is -4.91. The summed E-state index contributed by atoms with van der Waals surface area (Å²) in [5, 5.41) is 0. The van der Waals surface area contributed by atoms with Crippen molar-refractivity contribution < 1.29 is 21.5 Å².